The van der Waals surface area contributed by atoms with Crippen molar-refractivity contribution in [1.82, 2.24) is 4.98 Å². The van der Waals surface area contributed by atoms with E-state index < -0.39 is 0 Å². The molecule has 0 aliphatic carbocycles. The highest BCUT2D eigenvalue weighted by Gasteiger charge is 2.10. The maximum absolute atomic E-state index is 13.0. The van der Waals surface area contributed by atoms with Gasteiger partial charge in [-0.2, -0.15) is 0 Å². The molecule has 0 fully saturated rings. The standard InChI is InChI=1S/C23H19FN4O2S2/c1-14-4-2-3-5-18(14)27-22(30)26-17-10-11-19-20(12-17)32-23(28-19)31-13-21(29)25-16-8-6-15(24)7-9-16/h2-12H,13H2,1H3,(H,25,29)(H2,26,27,30). The van der Waals surface area contributed by atoms with Gasteiger partial charge in [-0.1, -0.05) is 30.0 Å². The second-order valence-corrected chi connectivity index (χ2v) is 9.15. The van der Waals surface area contributed by atoms with E-state index in [9.17, 15) is 14.0 Å². The van der Waals surface area contributed by atoms with Crippen LogP contribution >= 0.6 is 23.1 Å². The lowest BCUT2D eigenvalue weighted by molar-refractivity contribution is -0.113. The van der Waals surface area contributed by atoms with Crippen molar-refractivity contribution in [3.63, 3.8) is 0 Å². The Kier molecular flexibility index (Phi) is 6.67. The fraction of sp³-hybridized carbons (Fsp3) is 0.0870. The van der Waals surface area contributed by atoms with Crippen LogP contribution in [0, 0.1) is 12.7 Å². The molecule has 3 N–H and O–H groups in total. The number of anilines is 3. The number of nitrogens with one attached hydrogen (secondary N) is 3. The highest BCUT2D eigenvalue weighted by atomic mass is 32.2. The first-order valence-corrected chi connectivity index (χ1v) is 11.5. The zero-order chi connectivity index (χ0) is 22.5. The number of aryl methyl sites for hydroxylation is 1. The molecule has 4 aromatic rings. The fourth-order valence-corrected chi connectivity index (χ4v) is 4.81. The Labute approximate surface area is 192 Å². The summed E-state index contributed by atoms with van der Waals surface area (Å²) in [5.41, 5.74) is 3.72. The van der Waals surface area contributed by atoms with Crippen LogP contribution < -0.4 is 16.0 Å². The molecule has 0 aliphatic heterocycles. The van der Waals surface area contributed by atoms with Gasteiger partial charge in [-0.15, -0.1) is 11.3 Å². The number of amides is 3. The summed E-state index contributed by atoms with van der Waals surface area (Å²) < 4.78 is 14.6. The average Bonchev–Trinajstić information content (AvgIpc) is 3.18. The van der Waals surface area contributed by atoms with Crippen LogP contribution in [-0.4, -0.2) is 22.7 Å². The van der Waals surface area contributed by atoms with Crippen LogP contribution in [0.25, 0.3) is 10.2 Å². The zero-order valence-corrected chi connectivity index (χ0v) is 18.6. The highest BCUT2D eigenvalue weighted by Crippen LogP contribution is 2.31. The number of aromatic nitrogens is 1. The van der Waals surface area contributed by atoms with E-state index in [1.807, 2.05) is 43.3 Å². The predicted molar refractivity (Wildman–Crippen MR) is 129 cm³/mol. The van der Waals surface area contributed by atoms with Crippen molar-refractivity contribution in [1.29, 1.82) is 0 Å². The molecule has 9 heteroatoms. The van der Waals surface area contributed by atoms with E-state index in [-0.39, 0.29) is 23.5 Å². The maximum atomic E-state index is 13.0. The molecule has 32 heavy (non-hydrogen) atoms. The van der Waals surface area contributed by atoms with E-state index in [0.29, 0.717) is 11.4 Å². The smallest absolute Gasteiger partial charge is 0.323 e. The number of carbonyl (C=O) groups is 2. The third-order valence-electron chi connectivity index (χ3n) is 4.47. The summed E-state index contributed by atoms with van der Waals surface area (Å²) in [7, 11) is 0. The second kappa shape index (κ2) is 9.80. The number of halogens is 1. The van der Waals surface area contributed by atoms with Gasteiger partial charge in [-0.3, -0.25) is 4.79 Å². The van der Waals surface area contributed by atoms with E-state index in [1.54, 1.807) is 6.07 Å². The van der Waals surface area contributed by atoms with Crippen LogP contribution in [0.1, 0.15) is 5.56 Å². The van der Waals surface area contributed by atoms with Gasteiger partial charge in [0, 0.05) is 17.1 Å². The number of para-hydroxylation sites is 1. The minimum absolute atomic E-state index is 0.182. The lowest BCUT2D eigenvalue weighted by atomic mass is 10.2. The molecule has 0 atom stereocenters. The van der Waals surface area contributed by atoms with Gasteiger partial charge in [-0.05, 0) is 61.0 Å². The van der Waals surface area contributed by atoms with E-state index in [4.69, 9.17) is 0 Å². The molecular formula is C23H19FN4O2S2. The zero-order valence-electron chi connectivity index (χ0n) is 17.0. The van der Waals surface area contributed by atoms with Gasteiger partial charge in [0.05, 0.1) is 16.0 Å². The van der Waals surface area contributed by atoms with Crippen molar-refractivity contribution in [2.75, 3.05) is 21.7 Å². The number of thioether (sulfide) groups is 1. The largest absolute Gasteiger partial charge is 0.325 e. The molecule has 0 bridgehead atoms. The Hall–Kier alpha value is -3.43. The fourth-order valence-electron chi connectivity index (χ4n) is 2.90. The number of hydrogen-bond acceptors (Lipinski definition) is 5. The maximum Gasteiger partial charge on any atom is 0.323 e. The number of carbonyl (C=O) groups excluding carboxylic acids is 2. The van der Waals surface area contributed by atoms with Gasteiger partial charge in [0.1, 0.15) is 5.82 Å². The van der Waals surface area contributed by atoms with Crippen molar-refractivity contribution in [2.45, 2.75) is 11.3 Å². The second-order valence-electron chi connectivity index (χ2n) is 6.90. The normalized spacial score (nSPS) is 10.7. The topological polar surface area (TPSA) is 83.1 Å². The van der Waals surface area contributed by atoms with E-state index in [0.717, 1.165) is 25.8 Å². The van der Waals surface area contributed by atoms with Gasteiger partial charge >= 0.3 is 6.03 Å². The van der Waals surface area contributed by atoms with Crippen molar-refractivity contribution in [3.05, 3.63) is 78.1 Å². The molecule has 0 spiro atoms. The van der Waals surface area contributed by atoms with Gasteiger partial charge in [-0.25, -0.2) is 14.2 Å². The van der Waals surface area contributed by atoms with Crippen molar-refractivity contribution >= 4 is 62.3 Å². The molecule has 0 radical (unpaired) electrons. The average molecular weight is 467 g/mol. The van der Waals surface area contributed by atoms with Crippen molar-refractivity contribution in [2.24, 2.45) is 0 Å². The Balaban J connectivity index is 1.35. The van der Waals surface area contributed by atoms with Gasteiger partial charge in [0.15, 0.2) is 4.34 Å². The number of urea groups is 1. The Morgan fingerprint density at radius 2 is 1.72 bits per heavy atom. The number of fused-ring (bicyclic) bond motifs is 1. The number of rotatable bonds is 6. The SMILES string of the molecule is Cc1ccccc1NC(=O)Nc1ccc2nc(SCC(=O)Nc3ccc(F)cc3)sc2c1. The summed E-state index contributed by atoms with van der Waals surface area (Å²) in [6, 6.07) is 18.3. The van der Waals surface area contributed by atoms with E-state index in [1.165, 1.54) is 47.4 Å². The van der Waals surface area contributed by atoms with Gasteiger partial charge in [0.2, 0.25) is 5.91 Å². The third-order valence-corrected chi connectivity index (χ3v) is 6.64. The van der Waals surface area contributed by atoms with Crippen LogP contribution in [0.15, 0.2) is 71.1 Å². The molecule has 1 aromatic heterocycles. The molecule has 3 aromatic carbocycles. The number of hydrogen-bond donors (Lipinski definition) is 3. The Morgan fingerprint density at radius 3 is 2.50 bits per heavy atom. The van der Waals surface area contributed by atoms with Gasteiger partial charge < -0.3 is 16.0 Å². The first kappa shape index (κ1) is 21.8. The molecule has 0 aliphatic rings. The summed E-state index contributed by atoms with van der Waals surface area (Å²) in [6.45, 7) is 1.93. The van der Waals surface area contributed by atoms with Gasteiger partial charge in [0.25, 0.3) is 0 Å². The Morgan fingerprint density at radius 1 is 0.969 bits per heavy atom. The third kappa shape index (κ3) is 5.63. The molecule has 0 unspecified atom stereocenters. The summed E-state index contributed by atoms with van der Waals surface area (Å²) in [5, 5.41) is 8.39. The summed E-state index contributed by atoms with van der Waals surface area (Å²) in [4.78, 5) is 29.0. The molecule has 0 saturated heterocycles. The lowest BCUT2D eigenvalue weighted by Gasteiger charge is -2.09. The van der Waals surface area contributed by atoms with Crippen LogP contribution in [0.4, 0.5) is 26.2 Å². The minimum Gasteiger partial charge on any atom is -0.325 e. The molecule has 4 rings (SSSR count). The molecule has 162 valence electrons. The van der Waals surface area contributed by atoms with Crippen LogP contribution in [0.2, 0.25) is 0 Å². The Bertz CT molecular complexity index is 1270. The van der Waals surface area contributed by atoms with Crippen LogP contribution in [0.3, 0.4) is 0 Å². The molecule has 6 nitrogen and oxygen atoms in total. The molecule has 3 amide bonds. The first-order chi connectivity index (χ1) is 15.5. The summed E-state index contributed by atoms with van der Waals surface area (Å²) in [6.07, 6.45) is 0. The molecule has 0 saturated carbocycles. The van der Waals surface area contributed by atoms with Crippen molar-refractivity contribution < 1.29 is 14.0 Å². The van der Waals surface area contributed by atoms with Crippen LogP contribution in [0.5, 0.6) is 0 Å². The number of benzene rings is 3. The summed E-state index contributed by atoms with van der Waals surface area (Å²) >= 11 is 2.77. The highest BCUT2D eigenvalue weighted by molar-refractivity contribution is 8.01. The van der Waals surface area contributed by atoms with Crippen molar-refractivity contribution in [3.8, 4) is 0 Å². The van der Waals surface area contributed by atoms with E-state index in [2.05, 4.69) is 20.9 Å². The molecule has 1 heterocycles. The lowest BCUT2D eigenvalue weighted by Crippen LogP contribution is -2.19. The van der Waals surface area contributed by atoms with E-state index >= 15 is 0 Å². The minimum atomic E-state index is -0.353. The number of thiazole rings is 1. The quantitative estimate of drug-likeness (QED) is 0.299. The predicted octanol–water partition coefficient (Wildman–Crippen LogP) is 6.12. The monoisotopic (exact) mass is 466 g/mol. The first-order valence-electron chi connectivity index (χ1n) is 9.69. The summed E-state index contributed by atoms with van der Waals surface area (Å²) in [5.74, 6) is -0.370. The number of nitrogens with zero attached hydrogens (tertiary/aromatic N) is 1. The van der Waals surface area contributed by atoms with Crippen LogP contribution in [-0.2, 0) is 4.79 Å². The molecular weight excluding hydrogens is 447 g/mol.